The van der Waals surface area contributed by atoms with Crippen molar-refractivity contribution in [2.75, 3.05) is 17.7 Å². The molecule has 0 radical (unpaired) electrons. The number of nitrogens with two attached hydrogens (primary N) is 1. The summed E-state index contributed by atoms with van der Waals surface area (Å²) in [7, 11) is 0. The molecule has 0 fully saturated rings. The van der Waals surface area contributed by atoms with Crippen LogP contribution in [0.5, 0.6) is 0 Å². The fraction of sp³-hybridized carbons (Fsp3) is 0.211. The Morgan fingerprint density at radius 3 is 2.41 bits per heavy atom. The number of nitrogens with one attached hydrogen (secondary N) is 1. The number of nitrogen functional groups attached to an aromatic ring is 1. The number of Topliss-reactive ketones (excluding diaryl/α,β-unsaturated/α-hetero) is 1. The lowest BCUT2D eigenvalue weighted by molar-refractivity contribution is -0.116. The first-order valence-corrected chi connectivity index (χ1v) is 8.92. The van der Waals surface area contributed by atoms with Gasteiger partial charge in [0.25, 0.3) is 0 Å². The van der Waals surface area contributed by atoms with Crippen LogP contribution in [-0.4, -0.2) is 24.3 Å². The summed E-state index contributed by atoms with van der Waals surface area (Å²) in [5.74, 6) is -1.29. The van der Waals surface area contributed by atoms with Crippen LogP contribution in [0, 0.1) is 0 Å². The third-order valence-corrected chi connectivity index (χ3v) is 4.15. The lowest BCUT2D eigenvalue weighted by Crippen LogP contribution is -2.16. The first-order chi connectivity index (χ1) is 12.8. The topological polar surface area (TPSA) is 98.5 Å². The summed E-state index contributed by atoms with van der Waals surface area (Å²) < 4.78 is 5.01. The van der Waals surface area contributed by atoms with E-state index >= 15 is 0 Å². The normalized spacial score (nSPS) is 10.3. The van der Waals surface area contributed by atoms with Crippen LogP contribution in [0.15, 0.2) is 36.4 Å². The number of rotatable bonds is 7. The van der Waals surface area contributed by atoms with Crippen molar-refractivity contribution in [2.45, 2.75) is 19.8 Å². The molecule has 0 heterocycles. The van der Waals surface area contributed by atoms with Crippen LogP contribution >= 0.6 is 23.2 Å². The highest BCUT2D eigenvalue weighted by Crippen LogP contribution is 2.28. The van der Waals surface area contributed by atoms with Gasteiger partial charge in [-0.3, -0.25) is 9.59 Å². The monoisotopic (exact) mass is 408 g/mol. The van der Waals surface area contributed by atoms with Gasteiger partial charge in [-0.1, -0.05) is 30.1 Å². The maximum atomic E-state index is 12.2. The van der Waals surface area contributed by atoms with E-state index in [4.69, 9.17) is 33.7 Å². The molecule has 0 aliphatic rings. The van der Waals surface area contributed by atoms with Crippen LogP contribution in [-0.2, 0) is 9.53 Å². The van der Waals surface area contributed by atoms with Crippen LogP contribution in [0.1, 0.15) is 40.5 Å². The number of carbonyl (C=O) groups excluding carboxylic acids is 3. The van der Waals surface area contributed by atoms with Crippen LogP contribution < -0.4 is 11.1 Å². The molecule has 0 bridgehead atoms. The number of esters is 1. The van der Waals surface area contributed by atoms with Crippen molar-refractivity contribution in [3.8, 4) is 0 Å². The quantitative estimate of drug-likeness (QED) is 0.402. The molecule has 27 heavy (non-hydrogen) atoms. The Morgan fingerprint density at radius 2 is 1.78 bits per heavy atom. The fourth-order valence-corrected chi connectivity index (χ4v) is 2.73. The molecule has 3 N–H and O–H groups in total. The average molecular weight is 409 g/mol. The van der Waals surface area contributed by atoms with Gasteiger partial charge in [0.1, 0.15) is 0 Å². The lowest BCUT2D eigenvalue weighted by Gasteiger charge is -2.09. The molecule has 0 saturated carbocycles. The molecule has 0 aliphatic carbocycles. The predicted molar refractivity (Wildman–Crippen MR) is 105 cm³/mol. The standard InChI is InChI=1S/C19H18Cl2N2O4/c1-2-3-17(25)23-13-6-4-11(5-7-13)16(24)10-27-19(26)14-8-12(20)9-15(21)18(14)22/h4-9H,2-3,10,22H2,1H3,(H,23,25). The highest BCUT2D eigenvalue weighted by atomic mass is 35.5. The van der Waals surface area contributed by atoms with Crippen LogP contribution in [0.3, 0.4) is 0 Å². The zero-order chi connectivity index (χ0) is 20.0. The molecule has 0 unspecified atom stereocenters. The SMILES string of the molecule is CCCC(=O)Nc1ccc(C(=O)COC(=O)c2cc(Cl)cc(Cl)c2N)cc1. The van der Waals surface area contributed by atoms with E-state index in [1.165, 1.54) is 12.1 Å². The highest BCUT2D eigenvalue weighted by molar-refractivity contribution is 6.37. The molecule has 0 aliphatic heterocycles. The second kappa shape index (κ2) is 9.39. The summed E-state index contributed by atoms with van der Waals surface area (Å²) in [6.07, 6.45) is 1.17. The number of ketones is 1. The number of hydrogen-bond acceptors (Lipinski definition) is 5. The molecular formula is C19H18Cl2N2O4. The van der Waals surface area contributed by atoms with E-state index < -0.39 is 18.4 Å². The number of benzene rings is 2. The zero-order valence-corrected chi connectivity index (χ0v) is 16.1. The van der Waals surface area contributed by atoms with Crippen LogP contribution in [0.2, 0.25) is 10.0 Å². The molecule has 6 nitrogen and oxygen atoms in total. The number of carbonyl (C=O) groups is 3. The summed E-state index contributed by atoms with van der Waals surface area (Å²) in [6.45, 7) is 1.44. The minimum Gasteiger partial charge on any atom is -0.454 e. The van der Waals surface area contributed by atoms with Crippen LogP contribution in [0.25, 0.3) is 0 Å². The van der Waals surface area contributed by atoms with Gasteiger partial charge in [-0.2, -0.15) is 0 Å². The number of halogens is 2. The summed E-state index contributed by atoms with van der Waals surface area (Å²) in [5, 5.41) is 3.08. The van der Waals surface area contributed by atoms with E-state index in [1.807, 2.05) is 6.92 Å². The predicted octanol–water partition coefficient (Wildman–Crippen LogP) is 4.35. The summed E-state index contributed by atoms with van der Waals surface area (Å²) in [4.78, 5) is 35.9. The molecule has 0 aromatic heterocycles. The molecule has 2 aromatic carbocycles. The largest absolute Gasteiger partial charge is 0.454 e. The van der Waals surface area contributed by atoms with E-state index in [0.29, 0.717) is 17.7 Å². The molecule has 0 atom stereocenters. The maximum Gasteiger partial charge on any atom is 0.340 e. The highest BCUT2D eigenvalue weighted by Gasteiger charge is 2.17. The summed E-state index contributed by atoms with van der Waals surface area (Å²) >= 11 is 11.7. The van der Waals surface area contributed by atoms with Crippen molar-refractivity contribution >= 4 is 52.2 Å². The van der Waals surface area contributed by atoms with Gasteiger partial charge in [0.2, 0.25) is 5.91 Å². The van der Waals surface area contributed by atoms with Crippen molar-refractivity contribution in [1.29, 1.82) is 0 Å². The van der Waals surface area contributed by atoms with E-state index in [0.717, 1.165) is 6.42 Å². The van der Waals surface area contributed by atoms with Gasteiger partial charge in [0.15, 0.2) is 12.4 Å². The molecular weight excluding hydrogens is 391 g/mol. The second-order valence-electron chi connectivity index (χ2n) is 5.72. The van der Waals surface area contributed by atoms with Crippen molar-refractivity contribution in [3.05, 3.63) is 57.6 Å². The molecule has 8 heteroatoms. The number of hydrogen-bond donors (Lipinski definition) is 2. The van der Waals surface area contributed by atoms with E-state index in [2.05, 4.69) is 5.32 Å². The lowest BCUT2D eigenvalue weighted by atomic mass is 10.1. The van der Waals surface area contributed by atoms with Gasteiger partial charge in [-0.25, -0.2) is 4.79 Å². The fourth-order valence-electron chi connectivity index (χ4n) is 2.24. The Morgan fingerprint density at radius 1 is 1.11 bits per heavy atom. The Balaban J connectivity index is 1.97. The molecule has 2 rings (SSSR count). The molecule has 2 aromatic rings. The third kappa shape index (κ3) is 5.70. The van der Waals surface area contributed by atoms with Gasteiger partial charge in [0, 0.05) is 22.7 Å². The number of amides is 1. The molecule has 142 valence electrons. The van der Waals surface area contributed by atoms with Crippen molar-refractivity contribution in [1.82, 2.24) is 0 Å². The Bertz CT molecular complexity index is 867. The van der Waals surface area contributed by atoms with Crippen molar-refractivity contribution in [3.63, 3.8) is 0 Å². The van der Waals surface area contributed by atoms with E-state index in [1.54, 1.807) is 24.3 Å². The molecule has 0 spiro atoms. The van der Waals surface area contributed by atoms with Gasteiger partial charge < -0.3 is 15.8 Å². The summed E-state index contributed by atoms with van der Waals surface area (Å²) in [5.41, 5.74) is 6.69. The summed E-state index contributed by atoms with van der Waals surface area (Å²) in [6, 6.07) is 9.03. The Kier molecular flexibility index (Phi) is 7.21. The first kappa shape index (κ1) is 20.7. The Labute approximate surface area is 166 Å². The smallest absolute Gasteiger partial charge is 0.340 e. The second-order valence-corrected chi connectivity index (χ2v) is 6.57. The van der Waals surface area contributed by atoms with Gasteiger partial charge in [-0.05, 0) is 42.8 Å². The van der Waals surface area contributed by atoms with Gasteiger partial charge >= 0.3 is 5.97 Å². The van der Waals surface area contributed by atoms with Crippen molar-refractivity contribution in [2.24, 2.45) is 0 Å². The minimum absolute atomic E-state index is 0.00529. The molecule has 1 amide bonds. The zero-order valence-electron chi connectivity index (χ0n) is 14.6. The van der Waals surface area contributed by atoms with Gasteiger partial charge in [0.05, 0.1) is 16.3 Å². The number of anilines is 2. The van der Waals surface area contributed by atoms with Crippen LogP contribution in [0.4, 0.5) is 11.4 Å². The first-order valence-electron chi connectivity index (χ1n) is 8.16. The van der Waals surface area contributed by atoms with E-state index in [9.17, 15) is 14.4 Å². The van der Waals surface area contributed by atoms with E-state index in [-0.39, 0.29) is 27.2 Å². The number of ether oxygens (including phenoxy) is 1. The minimum atomic E-state index is -0.798. The van der Waals surface area contributed by atoms with Crippen molar-refractivity contribution < 1.29 is 19.1 Å². The van der Waals surface area contributed by atoms with Gasteiger partial charge in [-0.15, -0.1) is 0 Å². The molecule has 0 saturated heterocycles. The Hall–Kier alpha value is -2.57. The average Bonchev–Trinajstić information content (AvgIpc) is 2.63. The maximum absolute atomic E-state index is 12.2. The third-order valence-electron chi connectivity index (χ3n) is 3.62.